The maximum absolute atomic E-state index is 14.2. The number of piperidine rings is 2. The van der Waals surface area contributed by atoms with Crippen LogP contribution >= 0.6 is 0 Å². The molecule has 0 aliphatic carbocycles. The van der Waals surface area contributed by atoms with Crippen LogP contribution in [0.15, 0.2) is 79.5 Å². The maximum atomic E-state index is 14.2. The number of carbonyl (C=O) groups is 4. The van der Waals surface area contributed by atoms with Gasteiger partial charge in [-0.05, 0) is 74.2 Å². The van der Waals surface area contributed by atoms with Gasteiger partial charge in [0.2, 0.25) is 27.8 Å². The SMILES string of the molecule is C=C(F)C(=O)Nc1cc(Nc2nccc(Nc3ccc4nccnc4c3NS(C)(=O)=O)n2)c(OC)cc1N1CCC(N2CCN(CCCC#Cc3cccc4c3CN(C3CCC(=O)NC3=O)C4=O)CC2)CC1. The fraction of sp³-hybridized carbons (Fsp3) is 0.360. The van der Waals surface area contributed by atoms with Crippen LogP contribution in [-0.4, -0.2) is 138 Å². The molecule has 374 valence electrons. The summed E-state index contributed by atoms with van der Waals surface area (Å²) >= 11 is 0. The predicted octanol–water partition coefficient (Wildman–Crippen LogP) is 4.89. The number of fused-ring (bicyclic) bond motifs is 2. The highest BCUT2D eigenvalue weighted by atomic mass is 32.2. The number of amides is 4. The molecule has 22 heteroatoms. The first kappa shape index (κ1) is 49.2. The number of hydrogen-bond acceptors (Lipinski definition) is 16. The highest BCUT2D eigenvalue weighted by molar-refractivity contribution is 7.92. The topological polar surface area (TPSA) is 236 Å². The molecule has 3 fully saturated rings. The maximum Gasteiger partial charge on any atom is 0.283 e. The minimum absolute atomic E-state index is 0.138. The Balaban J connectivity index is 0.793. The van der Waals surface area contributed by atoms with Gasteiger partial charge >= 0.3 is 0 Å². The molecule has 20 nitrogen and oxygen atoms in total. The van der Waals surface area contributed by atoms with Gasteiger partial charge in [-0.15, -0.1) is 0 Å². The summed E-state index contributed by atoms with van der Waals surface area (Å²) < 4.78 is 47.2. The molecule has 5 N–H and O–H groups in total. The summed E-state index contributed by atoms with van der Waals surface area (Å²) in [6.07, 6.45) is 9.40. The van der Waals surface area contributed by atoms with Crippen LogP contribution < -0.4 is 35.6 Å². The Morgan fingerprint density at radius 2 is 1.72 bits per heavy atom. The number of sulfonamides is 1. The van der Waals surface area contributed by atoms with Crippen molar-refractivity contribution in [3.8, 4) is 17.6 Å². The third-order valence-electron chi connectivity index (χ3n) is 13.2. The van der Waals surface area contributed by atoms with Gasteiger partial charge in [-0.2, -0.15) is 4.98 Å². The molecule has 0 spiro atoms. The van der Waals surface area contributed by atoms with E-state index in [2.05, 4.69) is 79.0 Å². The van der Waals surface area contributed by atoms with Crippen LogP contribution in [0, 0.1) is 11.8 Å². The molecule has 3 saturated heterocycles. The molecule has 0 bridgehead atoms. The van der Waals surface area contributed by atoms with Gasteiger partial charge in [-0.25, -0.2) is 17.8 Å². The number of rotatable bonds is 15. The van der Waals surface area contributed by atoms with Crippen molar-refractivity contribution in [3.05, 3.63) is 96.2 Å². The molecule has 9 rings (SSSR count). The molecule has 0 radical (unpaired) electrons. The normalized spacial score (nSPS) is 17.7. The second-order valence-electron chi connectivity index (χ2n) is 18.0. The van der Waals surface area contributed by atoms with Crippen LogP contribution in [0.5, 0.6) is 5.75 Å². The van der Waals surface area contributed by atoms with E-state index >= 15 is 0 Å². The summed E-state index contributed by atoms with van der Waals surface area (Å²) in [6, 6.07) is 13.6. The standard InChI is InChI=1S/C50H54FN13O7S/c1-31(51)47(66)56-38-28-39(57-50-54-18-15-43(58-50)55-37-12-11-36-45(53-20-19-52-36)46(37)60-72(3,69)70)42(71-2)29-41(38)63-22-16-33(17-23-63)62-26-24-61(25-27-62)21-6-4-5-8-32-9-7-10-34-35(32)30-64(49(34)68)40-13-14-44(65)59-48(40)67/h7,9-12,15,18-20,28-29,33,40,60H,1,4,6,13-14,16-17,21-27,30H2,2-3H3,(H,56,66)(H,59,65,67)(H2,54,55,57,58). The van der Waals surface area contributed by atoms with E-state index in [1.807, 2.05) is 12.1 Å². The number of piperazine rings is 1. The lowest BCUT2D eigenvalue weighted by Crippen LogP contribution is -2.53. The fourth-order valence-electron chi connectivity index (χ4n) is 9.64. The number of benzene rings is 3. The molecule has 4 amide bonds. The third kappa shape index (κ3) is 11.2. The van der Waals surface area contributed by atoms with Gasteiger partial charge in [-0.1, -0.05) is 24.5 Å². The minimum atomic E-state index is -3.70. The van der Waals surface area contributed by atoms with E-state index in [9.17, 15) is 32.0 Å². The lowest BCUT2D eigenvalue weighted by Gasteiger charge is -2.43. The number of imide groups is 1. The van der Waals surface area contributed by atoms with Crippen molar-refractivity contribution < 1.29 is 36.7 Å². The molecule has 5 aromatic rings. The molecule has 3 aromatic carbocycles. The zero-order valence-corrected chi connectivity index (χ0v) is 40.7. The monoisotopic (exact) mass is 999 g/mol. The number of nitrogens with one attached hydrogen (secondary N) is 5. The zero-order valence-electron chi connectivity index (χ0n) is 39.8. The first-order valence-electron chi connectivity index (χ1n) is 23.6. The fourth-order valence-corrected chi connectivity index (χ4v) is 10.2. The summed E-state index contributed by atoms with van der Waals surface area (Å²) in [5.41, 5.74) is 4.93. The van der Waals surface area contributed by atoms with Crippen molar-refractivity contribution in [2.45, 2.75) is 57.2 Å². The van der Waals surface area contributed by atoms with Crippen LogP contribution in [-0.2, 0) is 31.0 Å². The largest absolute Gasteiger partial charge is 0.494 e. The molecule has 72 heavy (non-hydrogen) atoms. The van der Waals surface area contributed by atoms with Gasteiger partial charge in [0.05, 0.1) is 47.3 Å². The lowest BCUT2D eigenvalue weighted by atomic mass is 10.0. The van der Waals surface area contributed by atoms with Crippen LogP contribution in [0.3, 0.4) is 0 Å². The van der Waals surface area contributed by atoms with Gasteiger partial charge in [-0.3, -0.25) is 44.1 Å². The van der Waals surface area contributed by atoms with Crippen molar-refractivity contribution in [1.82, 2.24) is 40.0 Å². The second kappa shape index (κ2) is 21.3. The van der Waals surface area contributed by atoms with E-state index in [1.165, 1.54) is 25.7 Å². The smallest absolute Gasteiger partial charge is 0.283 e. The molecule has 6 heterocycles. The van der Waals surface area contributed by atoms with Crippen molar-refractivity contribution in [1.29, 1.82) is 0 Å². The summed E-state index contributed by atoms with van der Waals surface area (Å²) in [4.78, 5) is 76.4. The van der Waals surface area contributed by atoms with E-state index in [-0.39, 0.29) is 29.9 Å². The summed E-state index contributed by atoms with van der Waals surface area (Å²) in [7, 11) is -2.18. The van der Waals surface area contributed by atoms with Crippen LogP contribution in [0.1, 0.15) is 60.0 Å². The second-order valence-corrected chi connectivity index (χ2v) is 19.7. The molecule has 4 aliphatic rings. The number of ether oxygens (including phenoxy) is 1. The highest BCUT2D eigenvalue weighted by Gasteiger charge is 2.40. The highest BCUT2D eigenvalue weighted by Crippen LogP contribution is 2.40. The number of halogens is 1. The van der Waals surface area contributed by atoms with Crippen LogP contribution in [0.2, 0.25) is 0 Å². The van der Waals surface area contributed by atoms with Crippen molar-refractivity contribution >= 4 is 84.9 Å². The van der Waals surface area contributed by atoms with Crippen molar-refractivity contribution in [2.75, 3.05) is 84.8 Å². The van der Waals surface area contributed by atoms with E-state index in [1.54, 1.807) is 41.3 Å². The summed E-state index contributed by atoms with van der Waals surface area (Å²) in [6.45, 7) is 9.52. The molecule has 1 unspecified atom stereocenters. The first-order chi connectivity index (χ1) is 34.7. The zero-order chi connectivity index (χ0) is 50.5. The Hall–Kier alpha value is -7.74. The molecular weight excluding hydrogens is 946 g/mol. The number of anilines is 7. The molecular formula is C50H54FN13O7S. The van der Waals surface area contributed by atoms with Crippen molar-refractivity contribution in [2.24, 2.45) is 0 Å². The van der Waals surface area contributed by atoms with E-state index in [4.69, 9.17) is 4.74 Å². The first-order valence-corrected chi connectivity index (χ1v) is 25.5. The molecule has 1 atom stereocenters. The van der Waals surface area contributed by atoms with Crippen LogP contribution in [0.25, 0.3) is 11.0 Å². The average Bonchev–Trinajstić information content (AvgIpc) is 3.70. The Morgan fingerprint density at radius 1 is 0.931 bits per heavy atom. The Morgan fingerprint density at radius 3 is 2.47 bits per heavy atom. The minimum Gasteiger partial charge on any atom is -0.494 e. The molecule has 2 aromatic heterocycles. The quantitative estimate of drug-likeness (QED) is 0.0407. The molecule has 0 saturated carbocycles. The number of nitrogens with zero attached hydrogens (tertiary/aromatic N) is 8. The van der Waals surface area contributed by atoms with Gasteiger partial charge in [0.15, 0.2) is 5.83 Å². The van der Waals surface area contributed by atoms with Gasteiger partial charge in [0.25, 0.3) is 11.8 Å². The van der Waals surface area contributed by atoms with E-state index in [0.29, 0.717) is 89.4 Å². The van der Waals surface area contributed by atoms with Gasteiger partial charge < -0.3 is 35.4 Å². The number of aromatic nitrogens is 4. The Bertz CT molecular complexity index is 3130. The van der Waals surface area contributed by atoms with Crippen molar-refractivity contribution in [3.63, 3.8) is 0 Å². The van der Waals surface area contributed by atoms with Gasteiger partial charge in [0.1, 0.15) is 23.1 Å². The molecule has 4 aliphatic heterocycles. The lowest BCUT2D eigenvalue weighted by molar-refractivity contribution is -0.137. The van der Waals surface area contributed by atoms with Crippen LogP contribution in [0.4, 0.5) is 44.6 Å². The third-order valence-corrected chi connectivity index (χ3v) is 13.8. The Labute approximate surface area is 415 Å². The Kier molecular flexibility index (Phi) is 14.6. The van der Waals surface area contributed by atoms with E-state index in [0.717, 1.165) is 69.4 Å². The predicted molar refractivity (Wildman–Crippen MR) is 270 cm³/mol. The number of carbonyl (C=O) groups excluding carboxylic acids is 4. The number of hydrogen-bond donors (Lipinski definition) is 5. The number of methoxy groups -OCH3 is 1. The summed E-state index contributed by atoms with van der Waals surface area (Å²) in [5.74, 6) is 4.37. The summed E-state index contributed by atoms with van der Waals surface area (Å²) in [5, 5.41) is 11.3. The number of unbranched alkanes of at least 4 members (excludes halogenated alkanes) is 1. The van der Waals surface area contributed by atoms with Gasteiger partial charge in [0, 0.05) is 100 Å². The van der Waals surface area contributed by atoms with E-state index < -0.39 is 33.7 Å². The average molecular weight is 1000 g/mol.